The van der Waals surface area contributed by atoms with Gasteiger partial charge in [-0.25, -0.2) is 0 Å². The van der Waals surface area contributed by atoms with Crippen molar-refractivity contribution in [2.24, 2.45) is 11.8 Å². The first kappa shape index (κ1) is 14.8. The first-order valence-electron chi connectivity index (χ1n) is 6.52. The van der Waals surface area contributed by atoms with Crippen LogP contribution in [-0.2, 0) is 17.5 Å². The van der Waals surface area contributed by atoms with Crippen molar-refractivity contribution in [2.45, 2.75) is 19.6 Å². The van der Waals surface area contributed by atoms with Crippen LogP contribution in [0.1, 0.15) is 18.1 Å². The summed E-state index contributed by atoms with van der Waals surface area (Å²) in [6.45, 7) is 3.51. The quantitative estimate of drug-likeness (QED) is 0.894. The Labute approximate surface area is 115 Å². The van der Waals surface area contributed by atoms with Crippen LogP contribution in [0.25, 0.3) is 0 Å². The van der Waals surface area contributed by atoms with Crippen molar-refractivity contribution >= 4 is 5.91 Å². The Morgan fingerprint density at radius 2 is 2.15 bits per heavy atom. The van der Waals surface area contributed by atoms with Crippen molar-refractivity contribution in [2.75, 3.05) is 13.1 Å². The van der Waals surface area contributed by atoms with E-state index >= 15 is 0 Å². The lowest BCUT2D eigenvalue weighted by atomic mass is 9.97. The van der Waals surface area contributed by atoms with Crippen LogP contribution in [0.3, 0.4) is 0 Å². The van der Waals surface area contributed by atoms with Gasteiger partial charge in [0.25, 0.3) is 0 Å². The average molecular weight is 286 g/mol. The predicted molar refractivity (Wildman–Crippen MR) is 68.8 cm³/mol. The molecule has 6 heteroatoms. The Kier molecular flexibility index (Phi) is 4.32. The molecule has 1 saturated heterocycles. The number of halogens is 3. The molecule has 2 atom stereocenters. The van der Waals surface area contributed by atoms with Crippen molar-refractivity contribution in [1.29, 1.82) is 0 Å². The fraction of sp³-hybridized carbons (Fsp3) is 0.500. The summed E-state index contributed by atoms with van der Waals surface area (Å²) in [7, 11) is 0. The number of benzene rings is 1. The van der Waals surface area contributed by atoms with Gasteiger partial charge < -0.3 is 10.6 Å². The second-order valence-electron chi connectivity index (χ2n) is 5.16. The lowest BCUT2D eigenvalue weighted by molar-refractivity contribution is -0.137. The summed E-state index contributed by atoms with van der Waals surface area (Å²) in [6, 6.07) is 5.01. The molecule has 110 valence electrons. The molecule has 1 amide bonds. The van der Waals surface area contributed by atoms with Gasteiger partial charge in [0.05, 0.1) is 11.5 Å². The molecule has 1 aliphatic heterocycles. The normalized spacial score (nSPS) is 22.8. The minimum absolute atomic E-state index is 0.110. The predicted octanol–water partition coefficient (Wildman–Crippen LogP) is 2.18. The van der Waals surface area contributed by atoms with E-state index < -0.39 is 11.7 Å². The maximum Gasteiger partial charge on any atom is 0.416 e. The Morgan fingerprint density at radius 3 is 2.75 bits per heavy atom. The van der Waals surface area contributed by atoms with E-state index in [-0.39, 0.29) is 24.3 Å². The molecule has 1 aromatic rings. The first-order valence-corrected chi connectivity index (χ1v) is 6.52. The van der Waals surface area contributed by atoms with E-state index in [1.54, 1.807) is 6.07 Å². The van der Waals surface area contributed by atoms with Crippen molar-refractivity contribution in [3.63, 3.8) is 0 Å². The number of amides is 1. The molecule has 1 aromatic carbocycles. The van der Waals surface area contributed by atoms with Crippen LogP contribution in [-0.4, -0.2) is 19.0 Å². The molecule has 1 fully saturated rings. The minimum Gasteiger partial charge on any atom is -0.352 e. The number of nitrogens with one attached hydrogen (secondary N) is 2. The van der Waals surface area contributed by atoms with E-state index in [0.717, 1.165) is 18.7 Å². The molecular formula is C14H17F3N2O. The van der Waals surface area contributed by atoms with E-state index in [4.69, 9.17) is 0 Å². The number of carbonyl (C=O) groups excluding carboxylic acids is 1. The van der Waals surface area contributed by atoms with Gasteiger partial charge in [-0.15, -0.1) is 0 Å². The molecule has 0 radical (unpaired) electrons. The standard InChI is InChI=1S/C14H17F3N2O/c1-9-6-18-8-12(9)13(20)19-7-10-3-2-4-11(5-10)14(15,16)17/h2-5,9,12,18H,6-8H2,1H3,(H,19,20). The van der Waals surface area contributed by atoms with Gasteiger partial charge in [0, 0.05) is 13.1 Å². The largest absolute Gasteiger partial charge is 0.416 e. The summed E-state index contributed by atoms with van der Waals surface area (Å²) in [5, 5.41) is 5.82. The summed E-state index contributed by atoms with van der Waals surface area (Å²) in [5.41, 5.74) is -0.244. The van der Waals surface area contributed by atoms with Gasteiger partial charge in [0.1, 0.15) is 0 Å². The fourth-order valence-corrected chi connectivity index (χ4v) is 2.34. The third-order valence-corrected chi connectivity index (χ3v) is 3.58. The summed E-state index contributed by atoms with van der Waals surface area (Å²) in [4.78, 5) is 11.9. The van der Waals surface area contributed by atoms with Gasteiger partial charge in [0.15, 0.2) is 0 Å². The number of hydrogen-bond donors (Lipinski definition) is 2. The molecular weight excluding hydrogens is 269 g/mol. The van der Waals surface area contributed by atoms with Crippen LogP contribution in [0.2, 0.25) is 0 Å². The Hall–Kier alpha value is -1.56. The van der Waals surface area contributed by atoms with Crippen molar-refractivity contribution in [1.82, 2.24) is 10.6 Å². The van der Waals surface area contributed by atoms with Crippen molar-refractivity contribution in [3.8, 4) is 0 Å². The lowest BCUT2D eigenvalue weighted by Crippen LogP contribution is -2.33. The average Bonchev–Trinajstić information content (AvgIpc) is 2.82. The van der Waals surface area contributed by atoms with Crippen LogP contribution in [0, 0.1) is 11.8 Å². The highest BCUT2D eigenvalue weighted by atomic mass is 19.4. The molecule has 0 spiro atoms. The fourth-order valence-electron chi connectivity index (χ4n) is 2.34. The SMILES string of the molecule is CC1CNCC1C(=O)NCc1cccc(C(F)(F)F)c1. The zero-order chi connectivity index (χ0) is 14.8. The van der Waals surface area contributed by atoms with Gasteiger partial charge >= 0.3 is 6.18 Å². The second kappa shape index (κ2) is 5.83. The van der Waals surface area contributed by atoms with Crippen LogP contribution < -0.4 is 10.6 Å². The Morgan fingerprint density at radius 1 is 1.40 bits per heavy atom. The van der Waals surface area contributed by atoms with Gasteiger partial charge in [0.2, 0.25) is 5.91 Å². The summed E-state index contributed by atoms with van der Waals surface area (Å²) in [5.74, 6) is 0.0252. The smallest absolute Gasteiger partial charge is 0.352 e. The monoisotopic (exact) mass is 286 g/mol. The van der Waals surface area contributed by atoms with Gasteiger partial charge in [-0.05, 0) is 30.2 Å². The highest BCUT2D eigenvalue weighted by molar-refractivity contribution is 5.79. The Balaban J connectivity index is 1.95. The van der Waals surface area contributed by atoms with Crippen LogP contribution >= 0.6 is 0 Å². The number of rotatable bonds is 3. The summed E-state index contributed by atoms with van der Waals surface area (Å²) >= 11 is 0. The molecule has 2 rings (SSSR count). The third kappa shape index (κ3) is 3.50. The molecule has 0 aliphatic carbocycles. The van der Waals surface area contributed by atoms with Crippen molar-refractivity contribution < 1.29 is 18.0 Å². The number of alkyl halides is 3. The number of carbonyl (C=O) groups is 1. The van der Waals surface area contributed by atoms with Crippen LogP contribution in [0.15, 0.2) is 24.3 Å². The molecule has 0 saturated carbocycles. The molecule has 3 nitrogen and oxygen atoms in total. The first-order chi connectivity index (χ1) is 9.38. The lowest BCUT2D eigenvalue weighted by Gasteiger charge is -2.14. The topological polar surface area (TPSA) is 41.1 Å². The highest BCUT2D eigenvalue weighted by Gasteiger charge is 2.31. The molecule has 20 heavy (non-hydrogen) atoms. The van der Waals surface area contributed by atoms with E-state index in [0.29, 0.717) is 12.1 Å². The van der Waals surface area contributed by atoms with Crippen LogP contribution in [0.4, 0.5) is 13.2 Å². The zero-order valence-electron chi connectivity index (χ0n) is 11.1. The van der Waals surface area contributed by atoms with E-state index in [2.05, 4.69) is 10.6 Å². The number of hydrogen-bond acceptors (Lipinski definition) is 2. The molecule has 2 N–H and O–H groups in total. The molecule has 2 unspecified atom stereocenters. The van der Waals surface area contributed by atoms with E-state index in [1.807, 2.05) is 6.92 Å². The third-order valence-electron chi connectivity index (χ3n) is 3.58. The molecule has 1 heterocycles. The maximum atomic E-state index is 12.6. The second-order valence-corrected chi connectivity index (χ2v) is 5.16. The molecule has 1 aliphatic rings. The Bertz CT molecular complexity index is 488. The van der Waals surface area contributed by atoms with E-state index in [9.17, 15) is 18.0 Å². The summed E-state index contributed by atoms with van der Waals surface area (Å²) < 4.78 is 37.7. The molecule has 0 aromatic heterocycles. The highest BCUT2D eigenvalue weighted by Crippen LogP contribution is 2.29. The molecule has 0 bridgehead atoms. The summed E-state index contributed by atoms with van der Waals surface area (Å²) in [6.07, 6.45) is -4.36. The van der Waals surface area contributed by atoms with Crippen molar-refractivity contribution in [3.05, 3.63) is 35.4 Å². The van der Waals surface area contributed by atoms with Gasteiger partial charge in [-0.2, -0.15) is 13.2 Å². The van der Waals surface area contributed by atoms with Crippen LogP contribution in [0.5, 0.6) is 0 Å². The van der Waals surface area contributed by atoms with Gasteiger partial charge in [-0.1, -0.05) is 19.1 Å². The minimum atomic E-state index is -4.36. The maximum absolute atomic E-state index is 12.6. The van der Waals surface area contributed by atoms with E-state index in [1.165, 1.54) is 6.07 Å². The zero-order valence-corrected chi connectivity index (χ0v) is 11.1. The van der Waals surface area contributed by atoms with Gasteiger partial charge in [-0.3, -0.25) is 4.79 Å².